The van der Waals surface area contributed by atoms with Gasteiger partial charge in [-0.1, -0.05) is 60.7 Å². The Labute approximate surface area is 131 Å². The van der Waals surface area contributed by atoms with Crippen LogP contribution < -0.4 is 4.57 Å². The Morgan fingerprint density at radius 1 is 0.682 bits per heavy atom. The predicted octanol–water partition coefficient (Wildman–Crippen LogP) is 3.15. The van der Waals surface area contributed by atoms with Crippen molar-refractivity contribution in [1.82, 2.24) is 0 Å². The molecule has 0 atom stereocenters. The number of hydrogen-bond donors (Lipinski definition) is 1. The van der Waals surface area contributed by atoms with E-state index >= 15 is 0 Å². The summed E-state index contributed by atoms with van der Waals surface area (Å²) in [6.07, 6.45) is 4.06. The molecule has 2 aromatic carbocycles. The highest BCUT2D eigenvalue weighted by molar-refractivity contribution is 5.41. The summed E-state index contributed by atoms with van der Waals surface area (Å²) in [5.41, 5.74) is 3.83. The van der Waals surface area contributed by atoms with Gasteiger partial charge in [-0.2, -0.15) is 0 Å². The molecule has 3 rings (SSSR count). The first-order valence-electron chi connectivity index (χ1n) is 7.58. The zero-order valence-corrected chi connectivity index (χ0v) is 12.5. The van der Waals surface area contributed by atoms with Crippen molar-refractivity contribution in [3.05, 3.63) is 102 Å². The molecule has 0 fully saturated rings. The monoisotopic (exact) mass is 290 g/mol. The van der Waals surface area contributed by atoms with Crippen molar-refractivity contribution in [3.63, 3.8) is 0 Å². The lowest BCUT2D eigenvalue weighted by Crippen LogP contribution is -2.34. The average molecular weight is 290 g/mol. The second-order valence-electron chi connectivity index (χ2n) is 5.35. The first-order chi connectivity index (χ1) is 10.9. The molecule has 1 heterocycles. The van der Waals surface area contributed by atoms with Gasteiger partial charge < -0.3 is 5.11 Å². The molecule has 0 aliphatic heterocycles. The molecule has 3 aromatic rings. The van der Waals surface area contributed by atoms with Crippen LogP contribution in [0.2, 0.25) is 0 Å². The highest BCUT2D eigenvalue weighted by Crippen LogP contribution is 2.30. The van der Waals surface area contributed by atoms with Gasteiger partial charge in [0, 0.05) is 18.1 Å². The molecule has 0 unspecified atom stereocenters. The molecule has 0 bridgehead atoms. The van der Waals surface area contributed by atoms with Gasteiger partial charge in [-0.05, 0) is 16.7 Å². The fourth-order valence-electron chi connectivity index (χ4n) is 2.79. The normalized spacial score (nSPS) is 10.8. The van der Waals surface area contributed by atoms with Gasteiger partial charge in [0.1, 0.15) is 6.61 Å². The van der Waals surface area contributed by atoms with Crippen molar-refractivity contribution in [2.24, 2.45) is 0 Å². The maximum Gasteiger partial charge on any atom is 0.171 e. The maximum absolute atomic E-state index is 9.03. The minimum Gasteiger partial charge on any atom is -0.390 e. The first kappa shape index (κ1) is 14.5. The van der Waals surface area contributed by atoms with E-state index in [0.717, 1.165) is 0 Å². The summed E-state index contributed by atoms with van der Waals surface area (Å²) in [5, 5.41) is 9.03. The number of aromatic nitrogens is 1. The van der Waals surface area contributed by atoms with Crippen LogP contribution in [0.4, 0.5) is 0 Å². The van der Waals surface area contributed by atoms with E-state index < -0.39 is 0 Å². The Hall–Kier alpha value is -2.45. The van der Waals surface area contributed by atoms with Crippen molar-refractivity contribution in [3.8, 4) is 0 Å². The van der Waals surface area contributed by atoms with Crippen LogP contribution in [0.15, 0.2) is 85.2 Å². The minimum atomic E-state index is 0.158. The predicted molar refractivity (Wildman–Crippen MR) is 87.6 cm³/mol. The van der Waals surface area contributed by atoms with Gasteiger partial charge >= 0.3 is 0 Å². The van der Waals surface area contributed by atoms with E-state index in [1.807, 2.05) is 29.1 Å². The zero-order chi connectivity index (χ0) is 15.2. The van der Waals surface area contributed by atoms with E-state index in [-0.39, 0.29) is 12.5 Å². The van der Waals surface area contributed by atoms with Gasteiger partial charge in [0.05, 0.1) is 0 Å². The third-order valence-corrected chi connectivity index (χ3v) is 3.87. The number of nitrogens with zero attached hydrogens (tertiary/aromatic N) is 1. The molecule has 0 amide bonds. The quantitative estimate of drug-likeness (QED) is 0.717. The third-order valence-electron chi connectivity index (χ3n) is 3.87. The van der Waals surface area contributed by atoms with Crippen molar-refractivity contribution in [2.75, 3.05) is 6.61 Å². The Bertz CT molecular complexity index is 653. The van der Waals surface area contributed by atoms with Crippen molar-refractivity contribution in [1.29, 1.82) is 0 Å². The lowest BCUT2D eigenvalue weighted by molar-refractivity contribution is -0.698. The topological polar surface area (TPSA) is 24.1 Å². The van der Waals surface area contributed by atoms with Crippen LogP contribution in [-0.2, 0) is 6.54 Å². The van der Waals surface area contributed by atoms with E-state index in [1.165, 1.54) is 16.7 Å². The van der Waals surface area contributed by atoms with Crippen LogP contribution in [0.3, 0.4) is 0 Å². The second kappa shape index (κ2) is 7.01. The van der Waals surface area contributed by atoms with Crippen LogP contribution in [0.25, 0.3) is 0 Å². The van der Waals surface area contributed by atoms with Gasteiger partial charge in [-0.3, -0.25) is 0 Å². The molecule has 0 aliphatic carbocycles. The van der Waals surface area contributed by atoms with E-state index in [1.54, 1.807) is 0 Å². The van der Waals surface area contributed by atoms with Crippen molar-refractivity contribution < 1.29 is 9.67 Å². The van der Waals surface area contributed by atoms with E-state index in [0.29, 0.717) is 6.54 Å². The molecule has 0 radical (unpaired) electrons. The Morgan fingerprint density at radius 2 is 1.14 bits per heavy atom. The van der Waals surface area contributed by atoms with E-state index in [4.69, 9.17) is 5.11 Å². The lowest BCUT2D eigenvalue weighted by Gasteiger charge is -2.18. The van der Waals surface area contributed by atoms with E-state index in [2.05, 4.69) is 60.7 Å². The SMILES string of the molecule is OCC[n+]1ccc(C(c2ccccc2)c2ccccc2)cc1. The molecule has 0 saturated carbocycles. The molecule has 0 aliphatic rings. The summed E-state index contributed by atoms with van der Waals surface area (Å²) in [5.74, 6) is 0.228. The van der Waals surface area contributed by atoms with Gasteiger partial charge in [0.15, 0.2) is 18.9 Å². The van der Waals surface area contributed by atoms with Crippen molar-refractivity contribution in [2.45, 2.75) is 12.5 Å². The highest BCUT2D eigenvalue weighted by Gasteiger charge is 2.17. The molecule has 0 saturated heterocycles. The standard InChI is InChI=1S/C20H20NO/c22-16-15-21-13-11-19(12-14-21)20(17-7-3-1-4-8-17)18-9-5-2-6-10-18/h1-14,20,22H,15-16H2/q+1. The summed E-state index contributed by atoms with van der Waals surface area (Å²) in [4.78, 5) is 0. The molecular formula is C20H20NO+. The van der Waals surface area contributed by atoms with Crippen LogP contribution in [0, 0.1) is 0 Å². The summed E-state index contributed by atoms with van der Waals surface area (Å²) >= 11 is 0. The Morgan fingerprint density at radius 3 is 1.59 bits per heavy atom. The molecule has 110 valence electrons. The Balaban J connectivity index is 2.02. The van der Waals surface area contributed by atoms with Crippen molar-refractivity contribution >= 4 is 0 Å². The van der Waals surface area contributed by atoms with Crippen LogP contribution in [0.5, 0.6) is 0 Å². The number of aliphatic hydroxyl groups is 1. The first-order valence-corrected chi connectivity index (χ1v) is 7.58. The number of hydrogen-bond acceptors (Lipinski definition) is 1. The van der Waals surface area contributed by atoms with Crippen LogP contribution in [-0.4, -0.2) is 11.7 Å². The fourth-order valence-corrected chi connectivity index (χ4v) is 2.79. The average Bonchev–Trinajstić information content (AvgIpc) is 2.59. The fraction of sp³-hybridized carbons (Fsp3) is 0.150. The lowest BCUT2D eigenvalue weighted by atomic mass is 9.86. The number of aliphatic hydroxyl groups excluding tert-OH is 1. The molecule has 1 aromatic heterocycles. The zero-order valence-electron chi connectivity index (χ0n) is 12.5. The van der Waals surface area contributed by atoms with Gasteiger partial charge in [-0.15, -0.1) is 0 Å². The summed E-state index contributed by atoms with van der Waals surface area (Å²) in [6.45, 7) is 0.784. The molecule has 1 N–H and O–H groups in total. The Kier molecular flexibility index (Phi) is 4.62. The van der Waals surface area contributed by atoms with Gasteiger partial charge in [0.25, 0.3) is 0 Å². The molecule has 22 heavy (non-hydrogen) atoms. The molecule has 0 spiro atoms. The smallest absolute Gasteiger partial charge is 0.171 e. The van der Waals surface area contributed by atoms with E-state index in [9.17, 15) is 0 Å². The number of pyridine rings is 1. The highest BCUT2D eigenvalue weighted by atomic mass is 16.3. The third kappa shape index (κ3) is 3.23. The number of rotatable bonds is 5. The summed E-state index contributed by atoms with van der Waals surface area (Å²) in [6, 6.07) is 25.4. The van der Waals surface area contributed by atoms with Gasteiger partial charge in [0.2, 0.25) is 0 Å². The largest absolute Gasteiger partial charge is 0.390 e. The number of benzene rings is 2. The molecule has 2 nitrogen and oxygen atoms in total. The van der Waals surface area contributed by atoms with Crippen LogP contribution >= 0.6 is 0 Å². The van der Waals surface area contributed by atoms with Gasteiger partial charge in [-0.25, -0.2) is 4.57 Å². The summed E-state index contributed by atoms with van der Waals surface area (Å²) in [7, 11) is 0. The molecular weight excluding hydrogens is 270 g/mol. The minimum absolute atomic E-state index is 0.158. The second-order valence-corrected chi connectivity index (χ2v) is 5.35. The van der Waals surface area contributed by atoms with Crippen LogP contribution in [0.1, 0.15) is 22.6 Å². The maximum atomic E-state index is 9.03. The molecule has 2 heteroatoms. The summed E-state index contributed by atoms with van der Waals surface area (Å²) < 4.78 is 2.00.